The first-order chi connectivity index (χ1) is 12.2. The first kappa shape index (κ1) is 16.0. The van der Waals surface area contributed by atoms with E-state index < -0.39 is 14.3 Å². The monoisotopic (exact) mass is 388 g/mol. The molecule has 3 aliphatic rings. The van der Waals surface area contributed by atoms with Gasteiger partial charge < -0.3 is 0 Å². The van der Waals surface area contributed by atoms with Gasteiger partial charge in [-0.05, 0) is 0 Å². The van der Waals surface area contributed by atoms with Crippen molar-refractivity contribution in [2.24, 2.45) is 10.2 Å². The molecule has 1 fully saturated rings. The van der Waals surface area contributed by atoms with Gasteiger partial charge in [0.05, 0.1) is 0 Å². The third-order valence-corrected chi connectivity index (χ3v) is 17.1. The third-order valence-electron chi connectivity index (χ3n) is 5.15. The van der Waals surface area contributed by atoms with Crippen LogP contribution in [0.3, 0.4) is 0 Å². The molecule has 26 heavy (non-hydrogen) atoms. The summed E-state index contributed by atoms with van der Waals surface area (Å²) in [5.74, 6) is 1.30. The van der Waals surface area contributed by atoms with Crippen molar-refractivity contribution in [2.75, 3.05) is 26.7 Å². The minimum absolute atomic E-state index is 0.649. The number of hydrogen-bond donors (Lipinski definition) is 0. The minimum atomic E-state index is -2.94. The van der Waals surface area contributed by atoms with Gasteiger partial charge >= 0.3 is 153 Å². The Morgan fingerprint density at radius 3 is 1.31 bits per heavy atom. The van der Waals surface area contributed by atoms with Crippen LogP contribution in [0.1, 0.15) is 11.1 Å². The van der Waals surface area contributed by atoms with Gasteiger partial charge in [-0.25, -0.2) is 0 Å². The van der Waals surface area contributed by atoms with Gasteiger partial charge in [0.15, 0.2) is 0 Å². The van der Waals surface area contributed by atoms with E-state index in [9.17, 15) is 0 Å². The van der Waals surface area contributed by atoms with Crippen molar-refractivity contribution in [3.63, 3.8) is 0 Å². The Kier molecular flexibility index (Phi) is 2.71. The van der Waals surface area contributed by atoms with Crippen molar-refractivity contribution >= 4 is 26.1 Å². The van der Waals surface area contributed by atoms with Crippen molar-refractivity contribution < 1.29 is 9.05 Å². The van der Waals surface area contributed by atoms with Gasteiger partial charge in [0.25, 0.3) is 0 Å². The normalized spacial score (nSPS) is 28.3. The van der Waals surface area contributed by atoms with Gasteiger partial charge in [0.1, 0.15) is 0 Å². The Hall–Kier alpha value is -2.16. The SMILES string of the molecule is CP12(C)OC(c3ccccc3)=NN1P1(C)(C)OC(c3ccccc3)=NN21. The molecule has 0 saturated carbocycles. The fourth-order valence-corrected chi connectivity index (χ4v) is 20.0. The van der Waals surface area contributed by atoms with Crippen LogP contribution in [-0.2, 0) is 9.05 Å². The van der Waals surface area contributed by atoms with E-state index in [0.29, 0.717) is 11.8 Å². The van der Waals surface area contributed by atoms with Crippen molar-refractivity contribution in [3.05, 3.63) is 71.8 Å². The van der Waals surface area contributed by atoms with Gasteiger partial charge in [-0.1, -0.05) is 0 Å². The second-order valence-corrected chi connectivity index (χ2v) is 18.0. The number of fused-ring (bicyclic) bond motifs is 4. The summed E-state index contributed by atoms with van der Waals surface area (Å²) in [6.45, 7) is 8.51. The average molecular weight is 388 g/mol. The molecule has 0 N–H and O–H groups in total. The van der Waals surface area contributed by atoms with E-state index in [0.717, 1.165) is 11.1 Å². The Labute approximate surface area is 153 Å². The molecule has 3 heterocycles. The number of nitrogens with zero attached hydrogens (tertiary/aromatic N) is 4. The van der Waals surface area contributed by atoms with E-state index in [2.05, 4.69) is 35.8 Å². The third kappa shape index (κ3) is 1.74. The molecule has 3 aliphatic heterocycles. The molecule has 0 aromatic heterocycles. The summed E-state index contributed by atoms with van der Waals surface area (Å²) < 4.78 is 17.3. The summed E-state index contributed by atoms with van der Waals surface area (Å²) in [6.07, 6.45) is 0. The van der Waals surface area contributed by atoms with Crippen LogP contribution in [0.4, 0.5) is 0 Å². The topological polar surface area (TPSA) is 49.7 Å². The second kappa shape index (κ2) is 4.39. The van der Waals surface area contributed by atoms with Crippen LogP contribution in [0, 0.1) is 0 Å². The molecule has 0 amide bonds. The number of benzene rings is 2. The van der Waals surface area contributed by atoms with Crippen LogP contribution in [0.5, 0.6) is 0 Å². The van der Waals surface area contributed by atoms with E-state index in [-0.39, 0.29) is 0 Å². The van der Waals surface area contributed by atoms with E-state index in [1.54, 1.807) is 0 Å². The fourth-order valence-electron chi connectivity index (χ4n) is 4.31. The van der Waals surface area contributed by atoms with Crippen LogP contribution in [0.2, 0.25) is 0 Å². The predicted octanol–water partition coefficient (Wildman–Crippen LogP) is 4.50. The zero-order valence-corrected chi connectivity index (χ0v) is 17.1. The van der Waals surface area contributed by atoms with Crippen LogP contribution in [0.25, 0.3) is 0 Å². The standard InChI is InChI=1S/C18H22N4O2P2/c1-25(2)21(19-17(23-25)15-11-7-5-8-12-15)26(3,4)22(25)20-18(24-26)16-13-9-6-10-14-16/h5-14H,1-4H3. The molecule has 2 aromatic rings. The second-order valence-electron chi connectivity index (χ2n) is 7.99. The number of hydrogen-bond acceptors (Lipinski definition) is 6. The van der Waals surface area contributed by atoms with Gasteiger partial charge in [0, 0.05) is 0 Å². The van der Waals surface area contributed by atoms with Crippen molar-refractivity contribution in [1.29, 1.82) is 0 Å². The molecule has 5 rings (SSSR count). The average Bonchev–Trinajstić information content (AvgIpc) is 3.08. The summed E-state index contributed by atoms with van der Waals surface area (Å²) in [5, 5.41) is 9.78. The number of hydrazone groups is 2. The van der Waals surface area contributed by atoms with E-state index in [1.165, 1.54) is 0 Å². The Balaban J connectivity index is 1.59. The van der Waals surface area contributed by atoms with Crippen LogP contribution >= 0.6 is 14.3 Å². The molecule has 0 aliphatic carbocycles. The zero-order valence-electron chi connectivity index (χ0n) is 15.3. The predicted molar refractivity (Wildman–Crippen MR) is 109 cm³/mol. The Morgan fingerprint density at radius 1 is 0.615 bits per heavy atom. The molecule has 0 bridgehead atoms. The molecule has 136 valence electrons. The summed E-state index contributed by atoms with van der Waals surface area (Å²) >= 11 is 0. The molecule has 6 nitrogen and oxygen atoms in total. The molecule has 0 unspecified atom stereocenters. The maximum absolute atomic E-state index is 6.53. The quantitative estimate of drug-likeness (QED) is 0.711. The van der Waals surface area contributed by atoms with E-state index in [4.69, 9.17) is 19.3 Å². The molecule has 1 saturated heterocycles. The Morgan fingerprint density at radius 2 is 0.962 bits per heavy atom. The first-order valence-electron chi connectivity index (χ1n) is 8.53. The fraction of sp³-hybridized carbons (Fsp3) is 0.222. The van der Waals surface area contributed by atoms with E-state index >= 15 is 0 Å². The van der Waals surface area contributed by atoms with Gasteiger partial charge in [-0.2, -0.15) is 0 Å². The first-order valence-corrected chi connectivity index (χ1v) is 14.4. The van der Waals surface area contributed by atoms with E-state index in [1.807, 2.05) is 60.7 Å². The van der Waals surface area contributed by atoms with Crippen molar-refractivity contribution in [1.82, 2.24) is 9.10 Å². The molecule has 8 heteroatoms. The van der Waals surface area contributed by atoms with Gasteiger partial charge in [0.2, 0.25) is 0 Å². The van der Waals surface area contributed by atoms with Crippen molar-refractivity contribution in [3.8, 4) is 0 Å². The summed E-state index contributed by atoms with van der Waals surface area (Å²) in [7, 11) is -5.88. The van der Waals surface area contributed by atoms with Gasteiger partial charge in [-0.3, -0.25) is 0 Å². The van der Waals surface area contributed by atoms with Crippen LogP contribution in [-0.4, -0.2) is 47.6 Å². The zero-order chi connectivity index (χ0) is 18.3. The Bertz CT molecular complexity index is 891. The summed E-state index contributed by atoms with van der Waals surface area (Å²) in [5.41, 5.74) is 1.95. The molecule has 0 atom stereocenters. The molecule has 2 aromatic carbocycles. The molecular weight excluding hydrogens is 366 g/mol. The molecule has 0 spiro atoms. The van der Waals surface area contributed by atoms with Gasteiger partial charge in [-0.15, -0.1) is 0 Å². The molecular formula is C18H22N4O2P2. The summed E-state index contributed by atoms with van der Waals surface area (Å²) in [6, 6.07) is 20.0. The number of rotatable bonds is 2. The van der Waals surface area contributed by atoms with Crippen molar-refractivity contribution in [2.45, 2.75) is 0 Å². The van der Waals surface area contributed by atoms with Crippen LogP contribution < -0.4 is 0 Å². The van der Waals surface area contributed by atoms with Crippen LogP contribution in [0.15, 0.2) is 70.9 Å². The molecule has 0 radical (unpaired) electrons. The maximum atomic E-state index is 6.53. The summed E-state index contributed by atoms with van der Waals surface area (Å²) in [4.78, 5) is 0.